The van der Waals surface area contributed by atoms with Gasteiger partial charge < -0.3 is 15.4 Å². The van der Waals surface area contributed by atoms with Crippen LogP contribution in [0, 0.1) is 0 Å². The van der Waals surface area contributed by atoms with E-state index in [1.165, 1.54) is 28.0 Å². The minimum atomic E-state index is -0.728. The Bertz CT molecular complexity index is 1890. The number of amides is 3. The predicted octanol–water partition coefficient (Wildman–Crippen LogP) is 8.29. The van der Waals surface area contributed by atoms with Crippen molar-refractivity contribution in [3.8, 4) is 11.3 Å². The number of nitrogens with zero attached hydrogens (tertiary/aromatic N) is 3. The molecule has 2 aliphatic rings. The van der Waals surface area contributed by atoms with E-state index in [4.69, 9.17) is 32.9 Å². The van der Waals surface area contributed by atoms with Crippen LogP contribution in [-0.4, -0.2) is 69.2 Å². The average molecular weight is 767 g/mol. The lowest BCUT2D eigenvalue weighted by Crippen LogP contribution is -2.52. The fourth-order valence-corrected chi connectivity index (χ4v) is 8.20. The molecule has 9 nitrogen and oxygen atoms in total. The second kappa shape index (κ2) is 16.4. The number of aromatic nitrogens is 1. The quantitative estimate of drug-likeness (QED) is 0.165. The Balaban J connectivity index is 1.00. The fourth-order valence-electron chi connectivity index (χ4n) is 6.24. The lowest BCUT2D eigenvalue weighted by molar-refractivity contribution is -0.122. The number of hydrogen-bond donors (Lipinski definition) is 2. The number of thioether (sulfide) groups is 1. The van der Waals surface area contributed by atoms with Crippen molar-refractivity contribution in [2.24, 2.45) is 0 Å². The molecule has 0 radical (unpaired) electrons. The van der Waals surface area contributed by atoms with Crippen molar-refractivity contribution in [3.05, 3.63) is 98.8 Å². The molecule has 1 saturated heterocycles. The smallest absolute Gasteiger partial charge is 0.411 e. The van der Waals surface area contributed by atoms with Crippen LogP contribution in [0.25, 0.3) is 11.3 Å². The number of ether oxygens (including phenoxy) is 1. The van der Waals surface area contributed by atoms with E-state index in [1.807, 2.05) is 92.9 Å². The third kappa shape index (κ3) is 10.0. The summed E-state index contributed by atoms with van der Waals surface area (Å²) in [5.74, 6) is -0.00841. The molecule has 1 fully saturated rings. The van der Waals surface area contributed by atoms with Crippen molar-refractivity contribution in [2.45, 2.75) is 75.1 Å². The molecule has 3 amide bonds. The summed E-state index contributed by atoms with van der Waals surface area (Å²) in [5.41, 5.74) is 4.67. The van der Waals surface area contributed by atoms with E-state index in [0.29, 0.717) is 28.7 Å². The van der Waals surface area contributed by atoms with Crippen LogP contribution < -0.4 is 10.6 Å². The van der Waals surface area contributed by atoms with Crippen LogP contribution in [0.3, 0.4) is 0 Å². The number of thiazole rings is 1. The third-order valence-corrected chi connectivity index (χ3v) is 11.5. The molecule has 268 valence electrons. The molecule has 1 atom stereocenters. The average Bonchev–Trinajstić information content (AvgIpc) is 3.58. The summed E-state index contributed by atoms with van der Waals surface area (Å²) in [5, 5.41) is 9.28. The van der Waals surface area contributed by atoms with Crippen LogP contribution >= 0.6 is 46.3 Å². The van der Waals surface area contributed by atoms with Crippen molar-refractivity contribution in [1.29, 1.82) is 0 Å². The second-order valence-corrected chi connectivity index (χ2v) is 16.7. The van der Waals surface area contributed by atoms with Gasteiger partial charge in [-0.25, -0.2) is 9.78 Å². The maximum atomic E-state index is 13.7. The summed E-state index contributed by atoms with van der Waals surface area (Å²) in [4.78, 5) is 48.3. The van der Waals surface area contributed by atoms with Gasteiger partial charge in [0.25, 0.3) is 0 Å². The maximum absolute atomic E-state index is 13.7. The highest BCUT2D eigenvalue weighted by Gasteiger charge is 2.37. The number of fused-ring (bicyclic) bond motifs is 1. The zero-order valence-electron chi connectivity index (χ0n) is 28.8. The monoisotopic (exact) mass is 765 g/mol. The SMILES string of the molecule is CC(C)(C)OC(=O)N1Cc2ccccc2CC1C(=O)Nc1cccc(-c2csc(SCC(=O)NC3CCN(Cc4ccc(Cl)c(Cl)c4)CC3)n2)c1. The summed E-state index contributed by atoms with van der Waals surface area (Å²) in [6.07, 6.45) is 1.65. The molecular weight excluding hydrogens is 725 g/mol. The highest BCUT2D eigenvalue weighted by atomic mass is 35.5. The van der Waals surface area contributed by atoms with Gasteiger partial charge in [0.05, 0.1) is 28.0 Å². The van der Waals surface area contributed by atoms with E-state index >= 15 is 0 Å². The Morgan fingerprint density at radius 3 is 2.49 bits per heavy atom. The molecule has 1 unspecified atom stereocenters. The minimum Gasteiger partial charge on any atom is -0.444 e. The van der Waals surface area contributed by atoms with Crippen molar-refractivity contribution >= 4 is 69.9 Å². The molecule has 4 aromatic rings. The number of benzene rings is 3. The Morgan fingerprint density at radius 2 is 1.75 bits per heavy atom. The van der Waals surface area contributed by atoms with Crippen LogP contribution in [0.4, 0.5) is 10.5 Å². The highest BCUT2D eigenvalue weighted by molar-refractivity contribution is 8.01. The van der Waals surface area contributed by atoms with Gasteiger partial charge in [0.1, 0.15) is 11.6 Å². The van der Waals surface area contributed by atoms with Gasteiger partial charge >= 0.3 is 6.09 Å². The molecule has 51 heavy (non-hydrogen) atoms. The molecule has 0 spiro atoms. The number of anilines is 1. The highest BCUT2D eigenvalue weighted by Crippen LogP contribution is 2.31. The van der Waals surface area contributed by atoms with Crippen molar-refractivity contribution in [2.75, 3.05) is 24.2 Å². The van der Waals surface area contributed by atoms with Crippen molar-refractivity contribution in [3.63, 3.8) is 0 Å². The number of rotatable bonds is 9. The number of likely N-dealkylation sites (tertiary alicyclic amines) is 1. The number of carbonyl (C=O) groups is 3. The number of carbonyl (C=O) groups excluding carboxylic acids is 3. The maximum Gasteiger partial charge on any atom is 0.411 e. The summed E-state index contributed by atoms with van der Waals surface area (Å²) in [6, 6.07) is 20.5. The molecule has 2 N–H and O–H groups in total. The zero-order valence-corrected chi connectivity index (χ0v) is 31.9. The second-order valence-electron chi connectivity index (χ2n) is 13.8. The van der Waals surface area contributed by atoms with Gasteiger partial charge in [0.15, 0.2) is 4.34 Å². The van der Waals surface area contributed by atoms with Crippen molar-refractivity contribution < 1.29 is 19.1 Å². The molecule has 3 heterocycles. The summed E-state index contributed by atoms with van der Waals surface area (Å²) in [7, 11) is 0. The van der Waals surface area contributed by atoms with E-state index < -0.39 is 17.7 Å². The lowest BCUT2D eigenvalue weighted by atomic mass is 9.93. The van der Waals surface area contributed by atoms with Gasteiger partial charge in [-0.05, 0) is 74.6 Å². The molecule has 3 aromatic carbocycles. The first kappa shape index (κ1) is 37.2. The minimum absolute atomic E-state index is 0.00449. The number of piperidine rings is 1. The van der Waals surface area contributed by atoms with E-state index in [1.54, 1.807) is 0 Å². The molecule has 1 aromatic heterocycles. The van der Waals surface area contributed by atoms with Crippen LogP contribution in [0.1, 0.15) is 50.3 Å². The molecular formula is C38H41Cl2N5O4S2. The van der Waals surface area contributed by atoms with Crippen molar-refractivity contribution in [1.82, 2.24) is 20.1 Å². The number of nitrogens with one attached hydrogen (secondary N) is 2. The molecule has 2 aliphatic heterocycles. The Labute approximate surface area is 317 Å². The first-order valence-corrected chi connectivity index (χ1v) is 19.5. The van der Waals surface area contributed by atoms with Gasteiger partial charge in [0.2, 0.25) is 11.8 Å². The van der Waals surface area contributed by atoms with Gasteiger partial charge in [-0.15, -0.1) is 11.3 Å². The van der Waals surface area contributed by atoms with E-state index in [2.05, 4.69) is 15.5 Å². The Kier molecular flexibility index (Phi) is 11.9. The van der Waals surface area contributed by atoms with Gasteiger partial charge in [-0.1, -0.05) is 77.4 Å². The fraction of sp³-hybridized carbons (Fsp3) is 0.368. The van der Waals surface area contributed by atoms with Gasteiger partial charge in [-0.3, -0.25) is 19.4 Å². The lowest BCUT2D eigenvalue weighted by Gasteiger charge is -2.36. The third-order valence-electron chi connectivity index (χ3n) is 8.76. The molecule has 13 heteroatoms. The first-order chi connectivity index (χ1) is 24.4. The van der Waals surface area contributed by atoms with Gasteiger partial charge in [0, 0.05) is 48.7 Å². The van der Waals surface area contributed by atoms with E-state index in [-0.39, 0.29) is 23.6 Å². The molecule has 0 saturated carbocycles. The van der Waals surface area contributed by atoms with Crippen LogP contribution in [0.5, 0.6) is 0 Å². The van der Waals surface area contributed by atoms with Crippen LogP contribution in [-0.2, 0) is 33.8 Å². The normalized spacial score (nSPS) is 16.7. The first-order valence-electron chi connectivity index (χ1n) is 16.9. The summed E-state index contributed by atoms with van der Waals surface area (Å²) >= 11 is 15.1. The van der Waals surface area contributed by atoms with Crippen LogP contribution in [0.15, 0.2) is 76.4 Å². The van der Waals surface area contributed by atoms with Gasteiger partial charge in [-0.2, -0.15) is 0 Å². The molecule has 0 bridgehead atoms. The number of halogens is 2. The standard InChI is InChI=1S/C38H41Cl2N5O4S2/c1-38(2,3)49-37(48)45-21-27-8-5-4-7-25(27)19-33(45)35(47)42-29-10-6-9-26(18-29)32-22-50-36(43-32)51-23-34(46)41-28-13-15-44(16-14-28)20-24-11-12-30(39)31(40)17-24/h4-12,17-18,22,28,33H,13-16,19-21,23H2,1-3H3,(H,41,46)(H,42,47). The van der Waals surface area contributed by atoms with E-state index in [0.717, 1.165) is 64.8 Å². The Hall–Kier alpha value is -3.61. The van der Waals surface area contributed by atoms with E-state index in [9.17, 15) is 14.4 Å². The summed E-state index contributed by atoms with van der Waals surface area (Å²) in [6.45, 7) is 8.32. The predicted molar refractivity (Wildman–Crippen MR) is 206 cm³/mol. The topological polar surface area (TPSA) is 104 Å². The Morgan fingerprint density at radius 1 is 0.980 bits per heavy atom. The molecule has 0 aliphatic carbocycles. The zero-order chi connectivity index (χ0) is 36.1. The summed E-state index contributed by atoms with van der Waals surface area (Å²) < 4.78 is 6.46. The largest absolute Gasteiger partial charge is 0.444 e. The number of hydrogen-bond acceptors (Lipinski definition) is 8. The molecule has 6 rings (SSSR count). The van der Waals surface area contributed by atoms with Crippen LogP contribution in [0.2, 0.25) is 10.0 Å².